The van der Waals surface area contributed by atoms with Crippen LogP contribution in [-0.2, 0) is 0 Å². The Kier molecular flexibility index (Phi) is 4.11. The molecule has 1 amide bonds. The normalized spacial score (nSPS) is 16.8. The molecule has 0 saturated carbocycles. The summed E-state index contributed by atoms with van der Waals surface area (Å²) in [5, 5.41) is 8.84. The molecule has 2 rings (SSSR count). The van der Waals surface area contributed by atoms with Gasteiger partial charge in [-0.25, -0.2) is 0 Å². The Labute approximate surface area is 105 Å². The minimum Gasteiger partial charge on any atom is -0.395 e. The van der Waals surface area contributed by atoms with Gasteiger partial charge in [0.2, 0.25) is 5.56 Å². The van der Waals surface area contributed by atoms with Crippen LogP contribution in [0.5, 0.6) is 0 Å². The molecular weight excluding hydrogens is 234 g/mol. The number of nitrogens with one attached hydrogen (secondary N) is 1. The number of hydrogen-bond acceptors (Lipinski definition) is 4. The molecule has 1 saturated heterocycles. The molecule has 18 heavy (non-hydrogen) atoms. The lowest BCUT2D eigenvalue weighted by Crippen LogP contribution is -2.49. The number of aromatic nitrogens is 1. The first-order valence-electron chi connectivity index (χ1n) is 6.02. The maximum atomic E-state index is 12.1. The van der Waals surface area contributed by atoms with Crippen molar-refractivity contribution in [2.45, 2.75) is 0 Å². The van der Waals surface area contributed by atoms with Crippen molar-refractivity contribution in [2.75, 3.05) is 39.3 Å². The minimum absolute atomic E-state index is 0.0603. The fourth-order valence-corrected chi connectivity index (χ4v) is 2.04. The lowest BCUT2D eigenvalue weighted by atomic mass is 10.2. The molecule has 98 valence electrons. The fraction of sp³-hybridized carbons (Fsp3) is 0.500. The standard InChI is InChI=1S/C12H17N3O3/c16-8-7-14-3-5-15(6-4-14)12(18)10-1-2-11(17)13-9-10/h1-2,9,16H,3-8H2,(H,13,17). The molecule has 1 aromatic heterocycles. The zero-order valence-electron chi connectivity index (χ0n) is 10.1. The number of rotatable bonds is 3. The lowest BCUT2D eigenvalue weighted by Gasteiger charge is -2.34. The Bertz CT molecular complexity index is 443. The first-order chi connectivity index (χ1) is 8.70. The van der Waals surface area contributed by atoms with Crippen molar-refractivity contribution in [3.05, 3.63) is 34.2 Å². The zero-order chi connectivity index (χ0) is 13.0. The van der Waals surface area contributed by atoms with E-state index < -0.39 is 0 Å². The predicted molar refractivity (Wildman–Crippen MR) is 66.5 cm³/mol. The fourth-order valence-electron chi connectivity index (χ4n) is 2.04. The van der Waals surface area contributed by atoms with Crippen LogP contribution < -0.4 is 5.56 Å². The van der Waals surface area contributed by atoms with E-state index in [4.69, 9.17) is 5.11 Å². The topological polar surface area (TPSA) is 76.6 Å². The number of β-amino-alcohol motifs (C(OH)–C–C–N with tert-alkyl or cyclic N) is 1. The summed E-state index contributed by atoms with van der Waals surface area (Å²) >= 11 is 0. The van der Waals surface area contributed by atoms with Crippen molar-refractivity contribution >= 4 is 5.91 Å². The number of piperazine rings is 1. The molecule has 1 fully saturated rings. The molecule has 1 aliphatic rings. The van der Waals surface area contributed by atoms with Crippen LogP contribution in [0.3, 0.4) is 0 Å². The van der Waals surface area contributed by atoms with Gasteiger partial charge in [-0.3, -0.25) is 14.5 Å². The summed E-state index contributed by atoms with van der Waals surface area (Å²) in [6.07, 6.45) is 1.45. The van der Waals surface area contributed by atoms with Crippen molar-refractivity contribution in [1.82, 2.24) is 14.8 Å². The molecule has 2 heterocycles. The number of nitrogens with zero attached hydrogens (tertiary/aromatic N) is 2. The largest absolute Gasteiger partial charge is 0.395 e. The molecule has 0 bridgehead atoms. The monoisotopic (exact) mass is 251 g/mol. The molecule has 0 atom stereocenters. The Morgan fingerprint density at radius 2 is 2.00 bits per heavy atom. The van der Waals surface area contributed by atoms with Crippen molar-refractivity contribution in [3.63, 3.8) is 0 Å². The minimum atomic E-state index is -0.209. The second kappa shape index (κ2) is 5.79. The maximum Gasteiger partial charge on any atom is 0.255 e. The summed E-state index contributed by atoms with van der Waals surface area (Å²) in [5.74, 6) is -0.0603. The van der Waals surface area contributed by atoms with Crippen molar-refractivity contribution in [2.24, 2.45) is 0 Å². The van der Waals surface area contributed by atoms with E-state index in [1.807, 2.05) is 0 Å². The number of pyridine rings is 1. The first-order valence-corrected chi connectivity index (χ1v) is 6.02. The lowest BCUT2D eigenvalue weighted by molar-refractivity contribution is 0.0614. The van der Waals surface area contributed by atoms with Crippen LogP contribution in [0.1, 0.15) is 10.4 Å². The number of carbonyl (C=O) groups excluding carboxylic acids is 1. The summed E-state index contributed by atoms with van der Waals surface area (Å²) in [6, 6.07) is 2.90. The Morgan fingerprint density at radius 1 is 1.28 bits per heavy atom. The molecular formula is C12H17N3O3. The van der Waals surface area contributed by atoms with E-state index in [9.17, 15) is 9.59 Å². The van der Waals surface area contributed by atoms with E-state index in [1.165, 1.54) is 12.3 Å². The molecule has 0 unspecified atom stereocenters. The molecule has 0 aliphatic carbocycles. The molecule has 6 heteroatoms. The van der Waals surface area contributed by atoms with E-state index in [2.05, 4.69) is 9.88 Å². The van der Waals surface area contributed by atoms with E-state index in [-0.39, 0.29) is 18.1 Å². The third-order valence-corrected chi connectivity index (χ3v) is 3.11. The number of carbonyl (C=O) groups is 1. The average molecular weight is 251 g/mol. The first kappa shape index (κ1) is 12.8. The van der Waals surface area contributed by atoms with Gasteiger partial charge in [-0.15, -0.1) is 0 Å². The van der Waals surface area contributed by atoms with Crippen molar-refractivity contribution in [3.8, 4) is 0 Å². The Morgan fingerprint density at radius 3 is 2.56 bits per heavy atom. The summed E-state index contributed by atoms with van der Waals surface area (Å²) in [4.78, 5) is 29.4. The molecule has 0 spiro atoms. The van der Waals surface area contributed by atoms with Gasteiger partial charge in [0.05, 0.1) is 12.2 Å². The number of H-pyrrole nitrogens is 1. The summed E-state index contributed by atoms with van der Waals surface area (Å²) < 4.78 is 0. The van der Waals surface area contributed by atoms with Gasteiger partial charge in [0, 0.05) is 45.0 Å². The quantitative estimate of drug-likeness (QED) is 0.732. The highest BCUT2D eigenvalue weighted by atomic mass is 16.3. The van der Waals surface area contributed by atoms with Crippen LogP contribution in [-0.4, -0.2) is 65.1 Å². The van der Waals surface area contributed by atoms with Crippen LogP contribution >= 0.6 is 0 Å². The van der Waals surface area contributed by atoms with E-state index in [0.29, 0.717) is 25.2 Å². The highest BCUT2D eigenvalue weighted by molar-refractivity contribution is 5.93. The third-order valence-electron chi connectivity index (χ3n) is 3.11. The number of aliphatic hydroxyl groups excluding tert-OH is 1. The van der Waals surface area contributed by atoms with Gasteiger partial charge >= 0.3 is 0 Å². The van der Waals surface area contributed by atoms with Gasteiger partial charge in [-0.05, 0) is 6.07 Å². The molecule has 0 radical (unpaired) electrons. The molecule has 6 nitrogen and oxygen atoms in total. The van der Waals surface area contributed by atoms with Crippen LogP contribution in [0.15, 0.2) is 23.1 Å². The van der Waals surface area contributed by atoms with Crippen LogP contribution in [0.25, 0.3) is 0 Å². The highest BCUT2D eigenvalue weighted by Crippen LogP contribution is 2.06. The van der Waals surface area contributed by atoms with E-state index in [0.717, 1.165) is 13.1 Å². The third kappa shape index (κ3) is 2.96. The second-order valence-electron chi connectivity index (χ2n) is 4.30. The smallest absolute Gasteiger partial charge is 0.255 e. The van der Waals surface area contributed by atoms with Crippen LogP contribution in [0.2, 0.25) is 0 Å². The Balaban J connectivity index is 1.95. The highest BCUT2D eigenvalue weighted by Gasteiger charge is 2.21. The summed E-state index contributed by atoms with van der Waals surface area (Å²) in [5.41, 5.74) is 0.296. The predicted octanol–water partition coefficient (Wildman–Crippen LogP) is -0.875. The number of hydrogen-bond donors (Lipinski definition) is 2. The van der Waals surface area contributed by atoms with Crippen molar-refractivity contribution < 1.29 is 9.90 Å². The average Bonchev–Trinajstić information content (AvgIpc) is 2.40. The Hall–Kier alpha value is -1.66. The zero-order valence-corrected chi connectivity index (χ0v) is 10.1. The van der Waals surface area contributed by atoms with Gasteiger partial charge in [-0.2, -0.15) is 0 Å². The van der Waals surface area contributed by atoms with Crippen LogP contribution in [0.4, 0.5) is 0 Å². The van der Waals surface area contributed by atoms with E-state index in [1.54, 1.807) is 11.0 Å². The van der Waals surface area contributed by atoms with Crippen molar-refractivity contribution in [1.29, 1.82) is 0 Å². The molecule has 1 aromatic rings. The van der Waals surface area contributed by atoms with Gasteiger partial charge < -0.3 is 15.0 Å². The summed E-state index contributed by atoms with van der Waals surface area (Å²) in [7, 11) is 0. The SMILES string of the molecule is O=C(c1ccc(=O)[nH]c1)N1CCN(CCO)CC1. The number of aromatic amines is 1. The maximum absolute atomic E-state index is 12.1. The number of amides is 1. The van der Waals surface area contributed by atoms with Gasteiger partial charge in [0.1, 0.15) is 0 Å². The van der Waals surface area contributed by atoms with Gasteiger partial charge in [-0.1, -0.05) is 0 Å². The van der Waals surface area contributed by atoms with Gasteiger partial charge in [0.25, 0.3) is 5.91 Å². The molecule has 2 N–H and O–H groups in total. The second-order valence-corrected chi connectivity index (χ2v) is 4.30. The van der Waals surface area contributed by atoms with Gasteiger partial charge in [0.15, 0.2) is 0 Å². The molecule has 1 aliphatic heterocycles. The molecule has 0 aromatic carbocycles. The number of aliphatic hydroxyl groups is 1. The van der Waals surface area contributed by atoms with Crippen LogP contribution in [0, 0.1) is 0 Å². The summed E-state index contributed by atoms with van der Waals surface area (Å²) in [6.45, 7) is 3.65. The van der Waals surface area contributed by atoms with E-state index >= 15 is 0 Å².